The van der Waals surface area contributed by atoms with E-state index in [0.717, 1.165) is 35.8 Å². The third kappa shape index (κ3) is 5.70. The van der Waals surface area contributed by atoms with Gasteiger partial charge >= 0.3 is 0 Å². The number of hydrogen-bond donors (Lipinski definition) is 2. The average Bonchev–Trinajstić information content (AvgIpc) is 3.02. The van der Waals surface area contributed by atoms with Crippen molar-refractivity contribution in [1.29, 1.82) is 0 Å². The van der Waals surface area contributed by atoms with E-state index in [1.807, 2.05) is 36.6 Å². The van der Waals surface area contributed by atoms with Crippen LogP contribution in [0.4, 0.5) is 0 Å². The quantitative estimate of drug-likeness (QED) is 0.645. The second-order valence-electron chi connectivity index (χ2n) is 5.50. The maximum absolute atomic E-state index is 9.94. The highest BCUT2D eigenvalue weighted by molar-refractivity contribution is 7.10. The standard InChI is InChI=1S/C18H25NO4S/c1-13-8-16(12-24-13)23-11-15(20)10-19-7-6-14-4-5-17(21-2)18(9-14)22-3/h4-5,8-9,12,15,19-20H,6-7,10-11H2,1-3H3. The van der Waals surface area contributed by atoms with E-state index in [9.17, 15) is 5.11 Å². The molecule has 1 atom stereocenters. The van der Waals surface area contributed by atoms with Crippen molar-refractivity contribution in [2.75, 3.05) is 33.9 Å². The van der Waals surface area contributed by atoms with Gasteiger partial charge in [0.05, 0.1) is 14.2 Å². The molecule has 2 aromatic rings. The van der Waals surface area contributed by atoms with Gasteiger partial charge in [-0.05, 0) is 43.7 Å². The number of aryl methyl sites for hydroxylation is 1. The van der Waals surface area contributed by atoms with Gasteiger partial charge < -0.3 is 24.6 Å². The Bertz CT molecular complexity index is 629. The smallest absolute Gasteiger partial charge is 0.160 e. The molecule has 2 N–H and O–H groups in total. The van der Waals surface area contributed by atoms with E-state index in [2.05, 4.69) is 5.32 Å². The minimum absolute atomic E-state index is 0.291. The Balaban J connectivity index is 1.66. The maximum atomic E-state index is 9.94. The molecule has 0 aliphatic carbocycles. The summed E-state index contributed by atoms with van der Waals surface area (Å²) in [7, 11) is 3.26. The number of aliphatic hydroxyl groups is 1. The molecular formula is C18H25NO4S. The molecule has 0 amide bonds. The van der Waals surface area contributed by atoms with Gasteiger partial charge in [-0.15, -0.1) is 11.3 Å². The van der Waals surface area contributed by atoms with Gasteiger partial charge in [-0.25, -0.2) is 0 Å². The number of rotatable bonds is 10. The lowest BCUT2D eigenvalue weighted by Crippen LogP contribution is -2.32. The Labute approximate surface area is 147 Å². The Morgan fingerprint density at radius 1 is 1.17 bits per heavy atom. The van der Waals surface area contributed by atoms with Crippen LogP contribution in [-0.2, 0) is 6.42 Å². The molecule has 0 fully saturated rings. The summed E-state index contributed by atoms with van der Waals surface area (Å²) in [5.41, 5.74) is 1.15. The molecule has 0 bridgehead atoms. The second-order valence-corrected chi connectivity index (χ2v) is 6.62. The predicted molar refractivity (Wildman–Crippen MR) is 96.7 cm³/mol. The van der Waals surface area contributed by atoms with Crippen molar-refractivity contribution in [3.63, 3.8) is 0 Å². The van der Waals surface area contributed by atoms with E-state index in [-0.39, 0.29) is 0 Å². The summed E-state index contributed by atoms with van der Waals surface area (Å²) < 4.78 is 16.1. The summed E-state index contributed by atoms with van der Waals surface area (Å²) in [4.78, 5) is 1.20. The fraction of sp³-hybridized carbons (Fsp3) is 0.444. The molecule has 1 unspecified atom stereocenters. The van der Waals surface area contributed by atoms with E-state index in [4.69, 9.17) is 14.2 Å². The maximum Gasteiger partial charge on any atom is 0.160 e. The van der Waals surface area contributed by atoms with Gasteiger partial charge in [0.25, 0.3) is 0 Å². The average molecular weight is 351 g/mol. The highest BCUT2D eigenvalue weighted by atomic mass is 32.1. The molecule has 24 heavy (non-hydrogen) atoms. The third-order valence-electron chi connectivity index (χ3n) is 3.57. The van der Waals surface area contributed by atoms with E-state index in [1.54, 1.807) is 25.6 Å². The summed E-state index contributed by atoms with van der Waals surface area (Å²) in [6.07, 6.45) is 0.313. The lowest BCUT2D eigenvalue weighted by Gasteiger charge is -2.13. The minimum Gasteiger partial charge on any atom is -0.493 e. The number of nitrogens with one attached hydrogen (secondary N) is 1. The second kappa shape index (κ2) is 9.52. The molecule has 6 heteroatoms. The summed E-state index contributed by atoms with van der Waals surface area (Å²) >= 11 is 1.64. The minimum atomic E-state index is -0.532. The molecule has 132 valence electrons. The number of ether oxygens (including phenoxy) is 3. The number of methoxy groups -OCH3 is 2. The van der Waals surface area contributed by atoms with Crippen LogP contribution in [-0.4, -0.2) is 45.1 Å². The third-order valence-corrected chi connectivity index (χ3v) is 4.41. The molecule has 1 aromatic heterocycles. The lowest BCUT2D eigenvalue weighted by atomic mass is 10.1. The van der Waals surface area contributed by atoms with Crippen molar-refractivity contribution in [3.05, 3.63) is 40.1 Å². The van der Waals surface area contributed by atoms with Crippen molar-refractivity contribution in [1.82, 2.24) is 5.32 Å². The van der Waals surface area contributed by atoms with Crippen molar-refractivity contribution in [2.24, 2.45) is 0 Å². The fourth-order valence-corrected chi connectivity index (χ4v) is 2.91. The van der Waals surface area contributed by atoms with Gasteiger partial charge in [-0.2, -0.15) is 0 Å². The zero-order chi connectivity index (χ0) is 17.4. The van der Waals surface area contributed by atoms with Crippen molar-refractivity contribution in [2.45, 2.75) is 19.4 Å². The van der Waals surface area contributed by atoms with E-state index < -0.39 is 6.10 Å². The van der Waals surface area contributed by atoms with Crippen LogP contribution in [0, 0.1) is 6.92 Å². The molecule has 0 spiro atoms. The van der Waals surface area contributed by atoms with Crippen molar-refractivity contribution in [3.8, 4) is 17.2 Å². The van der Waals surface area contributed by atoms with Crippen LogP contribution in [0.15, 0.2) is 29.6 Å². The molecule has 0 aliphatic heterocycles. The molecule has 0 radical (unpaired) electrons. The molecular weight excluding hydrogens is 326 g/mol. The van der Waals surface area contributed by atoms with E-state index in [0.29, 0.717) is 13.2 Å². The molecule has 2 rings (SSSR count). The van der Waals surface area contributed by atoms with Crippen LogP contribution in [0.5, 0.6) is 17.2 Å². The molecule has 0 saturated heterocycles. The highest BCUT2D eigenvalue weighted by Crippen LogP contribution is 2.27. The van der Waals surface area contributed by atoms with Gasteiger partial charge in [-0.3, -0.25) is 0 Å². The van der Waals surface area contributed by atoms with E-state index in [1.165, 1.54) is 4.88 Å². The summed E-state index contributed by atoms with van der Waals surface area (Å²) in [5, 5.41) is 15.1. The molecule has 1 aromatic carbocycles. The van der Waals surface area contributed by atoms with Crippen LogP contribution in [0.25, 0.3) is 0 Å². The van der Waals surface area contributed by atoms with Crippen molar-refractivity contribution < 1.29 is 19.3 Å². The summed E-state index contributed by atoms with van der Waals surface area (Å²) in [6.45, 7) is 3.59. The van der Waals surface area contributed by atoms with Gasteiger partial charge in [0.1, 0.15) is 18.5 Å². The fourth-order valence-electron chi connectivity index (χ4n) is 2.28. The van der Waals surface area contributed by atoms with Crippen LogP contribution >= 0.6 is 11.3 Å². The Hall–Kier alpha value is -1.76. The largest absolute Gasteiger partial charge is 0.493 e. The first-order valence-electron chi connectivity index (χ1n) is 7.90. The van der Waals surface area contributed by atoms with Gasteiger partial charge in [0.2, 0.25) is 0 Å². The zero-order valence-electron chi connectivity index (χ0n) is 14.4. The normalized spacial score (nSPS) is 12.0. The van der Waals surface area contributed by atoms with Gasteiger partial charge in [0.15, 0.2) is 11.5 Å². The summed E-state index contributed by atoms with van der Waals surface area (Å²) in [5.74, 6) is 2.28. The van der Waals surface area contributed by atoms with Crippen LogP contribution in [0.2, 0.25) is 0 Å². The topological polar surface area (TPSA) is 60.0 Å². The Morgan fingerprint density at radius 2 is 1.96 bits per heavy atom. The Kier molecular flexibility index (Phi) is 7.36. The number of thiophene rings is 1. The molecule has 0 aliphatic rings. The first-order valence-corrected chi connectivity index (χ1v) is 8.78. The van der Waals surface area contributed by atoms with E-state index >= 15 is 0 Å². The highest BCUT2D eigenvalue weighted by Gasteiger charge is 2.07. The molecule has 1 heterocycles. The number of aliphatic hydroxyl groups excluding tert-OH is 1. The SMILES string of the molecule is COc1ccc(CCNCC(O)COc2csc(C)c2)cc1OC. The lowest BCUT2D eigenvalue weighted by molar-refractivity contribution is 0.107. The van der Waals surface area contributed by atoms with Crippen LogP contribution in [0.1, 0.15) is 10.4 Å². The first-order chi connectivity index (χ1) is 11.6. The van der Waals surface area contributed by atoms with Crippen LogP contribution < -0.4 is 19.5 Å². The zero-order valence-corrected chi connectivity index (χ0v) is 15.2. The van der Waals surface area contributed by atoms with Gasteiger partial charge in [0, 0.05) is 16.8 Å². The monoisotopic (exact) mass is 351 g/mol. The predicted octanol–water partition coefficient (Wildman–Crippen LogP) is 2.65. The first kappa shape index (κ1) is 18.6. The molecule has 5 nitrogen and oxygen atoms in total. The summed E-state index contributed by atoms with van der Waals surface area (Å²) in [6, 6.07) is 7.86. The van der Waals surface area contributed by atoms with Crippen LogP contribution in [0.3, 0.4) is 0 Å². The Morgan fingerprint density at radius 3 is 2.62 bits per heavy atom. The number of benzene rings is 1. The molecule has 0 saturated carbocycles. The number of hydrogen-bond acceptors (Lipinski definition) is 6. The van der Waals surface area contributed by atoms with Crippen molar-refractivity contribution >= 4 is 11.3 Å². The van der Waals surface area contributed by atoms with Gasteiger partial charge in [-0.1, -0.05) is 6.07 Å².